The van der Waals surface area contributed by atoms with Gasteiger partial charge in [-0.2, -0.15) is 9.61 Å². The number of imide groups is 1. The molecule has 3 aromatic rings. The molecule has 1 saturated heterocycles. The summed E-state index contributed by atoms with van der Waals surface area (Å²) in [6.45, 7) is 0. The first-order valence-electron chi connectivity index (χ1n) is 9.28. The Balaban J connectivity index is 1.59. The van der Waals surface area contributed by atoms with Crippen LogP contribution in [0.3, 0.4) is 0 Å². The molecule has 2 amide bonds. The van der Waals surface area contributed by atoms with E-state index in [1.165, 1.54) is 0 Å². The molecule has 0 radical (unpaired) electrons. The Kier molecular flexibility index (Phi) is 4.21. The summed E-state index contributed by atoms with van der Waals surface area (Å²) < 4.78 is 1.71. The minimum atomic E-state index is -0.379. The van der Waals surface area contributed by atoms with Crippen molar-refractivity contribution >= 4 is 52.5 Å². The van der Waals surface area contributed by atoms with Crippen LogP contribution in [0.1, 0.15) is 24.8 Å². The maximum atomic E-state index is 11.9. The minimum Gasteiger partial charge on any atom is -0.367 e. The van der Waals surface area contributed by atoms with Gasteiger partial charge in [0.15, 0.2) is 5.65 Å². The van der Waals surface area contributed by atoms with E-state index < -0.39 is 0 Å². The molecule has 1 aliphatic carbocycles. The molecule has 29 heavy (non-hydrogen) atoms. The van der Waals surface area contributed by atoms with E-state index in [9.17, 15) is 9.59 Å². The number of nitrogens with zero attached hydrogens (tertiary/aromatic N) is 3. The smallest absolute Gasteiger partial charge is 0.254 e. The van der Waals surface area contributed by atoms with E-state index in [0.717, 1.165) is 24.3 Å². The average Bonchev–Trinajstić information content (AvgIpc) is 3.33. The number of fused-ring (bicyclic) bond motifs is 1. The molecule has 1 aliphatic heterocycles. The summed E-state index contributed by atoms with van der Waals surface area (Å²) in [6, 6.07) is 9.72. The number of aromatic nitrogens is 3. The largest absolute Gasteiger partial charge is 0.367 e. The molecule has 8 nitrogen and oxygen atoms in total. The van der Waals surface area contributed by atoms with Gasteiger partial charge >= 0.3 is 0 Å². The van der Waals surface area contributed by atoms with E-state index in [1.54, 1.807) is 22.9 Å². The number of amides is 2. The highest BCUT2D eigenvalue weighted by Gasteiger charge is 2.25. The Hall–Kier alpha value is -3.39. The molecule has 0 spiro atoms. The highest BCUT2D eigenvalue weighted by molar-refractivity contribution is 6.33. The van der Waals surface area contributed by atoms with Gasteiger partial charge in [0.25, 0.3) is 5.91 Å². The molecular formula is C20H17ClN6O2. The molecule has 2 aliphatic rings. The lowest BCUT2D eigenvalue weighted by atomic mass is 10.1. The number of nitrogens with one attached hydrogen (secondary N) is 3. The quantitative estimate of drug-likeness (QED) is 0.443. The molecule has 3 N–H and O–H groups in total. The third-order valence-corrected chi connectivity index (χ3v) is 5.12. The molecular weight excluding hydrogens is 392 g/mol. The van der Waals surface area contributed by atoms with Crippen molar-refractivity contribution in [3.8, 4) is 0 Å². The van der Waals surface area contributed by atoms with Crippen molar-refractivity contribution in [2.75, 3.05) is 10.6 Å². The van der Waals surface area contributed by atoms with E-state index >= 15 is 0 Å². The Labute approximate surface area is 171 Å². The second-order valence-corrected chi connectivity index (χ2v) is 7.52. The second kappa shape index (κ2) is 6.89. The van der Waals surface area contributed by atoms with Gasteiger partial charge in [-0.15, -0.1) is 0 Å². The predicted molar refractivity (Wildman–Crippen MR) is 110 cm³/mol. The van der Waals surface area contributed by atoms with Crippen molar-refractivity contribution in [3.63, 3.8) is 0 Å². The van der Waals surface area contributed by atoms with Crippen LogP contribution in [0.5, 0.6) is 0 Å². The van der Waals surface area contributed by atoms with Crippen molar-refractivity contribution in [1.82, 2.24) is 19.9 Å². The summed E-state index contributed by atoms with van der Waals surface area (Å²) in [5.41, 5.74) is 2.37. The molecule has 2 aromatic heterocycles. The Bertz CT molecular complexity index is 1180. The number of anilines is 3. The fourth-order valence-corrected chi connectivity index (χ4v) is 3.38. The average molecular weight is 409 g/mol. The van der Waals surface area contributed by atoms with Gasteiger partial charge in [0.05, 0.1) is 23.3 Å². The number of halogens is 1. The van der Waals surface area contributed by atoms with Crippen LogP contribution in [0.4, 0.5) is 17.3 Å². The Morgan fingerprint density at radius 1 is 1.24 bits per heavy atom. The van der Waals surface area contributed by atoms with Crippen molar-refractivity contribution in [2.24, 2.45) is 0 Å². The lowest BCUT2D eigenvalue weighted by molar-refractivity contribution is -0.124. The fraction of sp³-hybridized carbons (Fsp3) is 0.200. The standard InChI is InChI=1S/C20H17ClN6O2/c21-14-3-1-2-4-15(14)24-16-9-17(23-13-5-6-13)27-19(25-16)12(10-22-27)7-11-8-18(28)26-20(11)29/h1-4,7,9-10,13,23H,5-6,8H2,(H,24,25)(H,26,28,29). The van der Waals surface area contributed by atoms with Crippen LogP contribution in [0.15, 0.2) is 42.1 Å². The Morgan fingerprint density at radius 3 is 2.79 bits per heavy atom. The number of hydrogen-bond donors (Lipinski definition) is 3. The maximum absolute atomic E-state index is 11.9. The molecule has 2 fully saturated rings. The highest BCUT2D eigenvalue weighted by Crippen LogP contribution is 2.30. The summed E-state index contributed by atoms with van der Waals surface area (Å²) in [5, 5.41) is 14.0. The summed E-state index contributed by atoms with van der Waals surface area (Å²) in [4.78, 5) is 28.1. The van der Waals surface area contributed by atoms with Crippen molar-refractivity contribution in [3.05, 3.63) is 52.7 Å². The van der Waals surface area contributed by atoms with Crippen molar-refractivity contribution in [2.45, 2.75) is 25.3 Å². The van der Waals surface area contributed by atoms with Gasteiger partial charge in [0.1, 0.15) is 11.6 Å². The zero-order valence-corrected chi connectivity index (χ0v) is 16.0. The van der Waals surface area contributed by atoms with Gasteiger partial charge < -0.3 is 10.6 Å². The fourth-order valence-electron chi connectivity index (χ4n) is 3.19. The van der Waals surface area contributed by atoms with Gasteiger partial charge in [-0.1, -0.05) is 23.7 Å². The number of hydrogen-bond acceptors (Lipinski definition) is 6. The first kappa shape index (κ1) is 17.7. The van der Waals surface area contributed by atoms with E-state index in [4.69, 9.17) is 11.6 Å². The topological polar surface area (TPSA) is 100 Å². The summed E-state index contributed by atoms with van der Waals surface area (Å²) in [7, 11) is 0. The molecule has 1 saturated carbocycles. The van der Waals surface area contributed by atoms with Gasteiger partial charge in [-0.05, 0) is 31.1 Å². The van der Waals surface area contributed by atoms with Crippen molar-refractivity contribution < 1.29 is 9.59 Å². The number of para-hydroxylation sites is 1. The summed E-state index contributed by atoms with van der Waals surface area (Å²) in [5.74, 6) is 0.711. The van der Waals surface area contributed by atoms with Crippen LogP contribution < -0.4 is 16.0 Å². The number of benzene rings is 1. The molecule has 5 rings (SSSR count). The highest BCUT2D eigenvalue weighted by atomic mass is 35.5. The minimum absolute atomic E-state index is 0.0565. The first-order chi connectivity index (χ1) is 14.1. The van der Waals surface area contributed by atoms with Gasteiger partial charge in [-0.3, -0.25) is 14.9 Å². The van der Waals surface area contributed by atoms with Gasteiger partial charge in [0, 0.05) is 23.2 Å². The molecule has 3 heterocycles. The zero-order valence-electron chi connectivity index (χ0n) is 15.3. The number of carbonyl (C=O) groups is 2. The first-order valence-corrected chi connectivity index (χ1v) is 9.66. The monoisotopic (exact) mass is 408 g/mol. The molecule has 9 heteroatoms. The summed E-state index contributed by atoms with van der Waals surface area (Å²) in [6.07, 6.45) is 5.58. The SMILES string of the molecule is O=C1CC(=Cc2cnn3c(NC4CC4)cc(Nc4ccccc4Cl)nc23)C(=O)N1. The van der Waals surface area contributed by atoms with Gasteiger partial charge in [-0.25, -0.2) is 4.98 Å². The lowest BCUT2D eigenvalue weighted by Crippen LogP contribution is -2.19. The number of rotatable bonds is 5. The Morgan fingerprint density at radius 2 is 2.07 bits per heavy atom. The van der Waals surface area contributed by atoms with Crippen LogP contribution in [-0.4, -0.2) is 32.5 Å². The second-order valence-electron chi connectivity index (χ2n) is 7.11. The zero-order chi connectivity index (χ0) is 20.0. The van der Waals surface area contributed by atoms with Crippen LogP contribution in [-0.2, 0) is 9.59 Å². The molecule has 0 bridgehead atoms. The van der Waals surface area contributed by atoms with E-state index in [2.05, 4.69) is 26.0 Å². The molecule has 0 unspecified atom stereocenters. The van der Waals surface area contributed by atoms with Crippen LogP contribution in [0.25, 0.3) is 11.7 Å². The third-order valence-electron chi connectivity index (χ3n) is 4.79. The predicted octanol–water partition coefficient (Wildman–Crippen LogP) is 3.13. The van der Waals surface area contributed by atoms with Crippen LogP contribution in [0.2, 0.25) is 5.02 Å². The normalized spacial score (nSPS) is 17.8. The molecule has 1 aromatic carbocycles. The van der Waals surface area contributed by atoms with E-state index in [0.29, 0.717) is 33.7 Å². The number of carbonyl (C=O) groups excluding carboxylic acids is 2. The third kappa shape index (κ3) is 3.54. The summed E-state index contributed by atoms with van der Waals surface area (Å²) >= 11 is 6.27. The maximum Gasteiger partial charge on any atom is 0.254 e. The van der Waals surface area contributed by atoms with Crippen LogP contribution >= 0.6 is 11.6 Å². The van der Waals surface area contributed by atoms with Gasteiger partial charge in [0.2, 0.25) is 5.91 Å². The van der Waals surface area contributed by atoms with E-state index in [1.807, 2.05) is 24.3 Å². The molecule has 146 valence electrons. The van der Waals surface area contributed by atoms with E-state index in [-0.39, 0.29) is 18.2 Å². The van der Waals surface area contributed by atoms with Crippen LogP contribution in [0, 0.1) is 0 Å². The lowest BCUT2D eigenvalue weighted by Gasteiger charge is -2.12. The molecule has 0 atom stereocenters. The van der Waals surface area contributed by atoms with Crippen molar-refractivity contribution in [1.29, 1.82) is 0 Å².